The molecule has 1 aliphatic rings. The van der Waals surface area contributed by atoms with Crippen molar-refractivity contribution >= 4 is 34.7 Å². The molecule has 1 amide bonds. The van der Waals surface area contributed by atoms with E-state index in [1.165, 1.54) is 10.3 Å². The fourth-order valence-electron chi connectivity index (χ4n) is 2.28. The summed E-state index contributed by atoms with van der Waals surface area (Å²) in [6.07, 6.45) is -4.47. The summed E-state index contributed by atoms with van der Waals surface area (Å²) in [4.78, 5) is 23.1. The quantitative estimate of drug-likeness (QED) is 0.591. The van der Waals surface area contributed by atoms with Gasteiger partial charge in [0, 0.05) is 44.2 Å². The number of halogens is 4. The predicted octanol–water partition coefficient (Wildman–Crippen LogP) is 1.64. The van der Waals surface area contributed by atoms with Crippen molar-refractivity contribution < 1.29 is 22.9 Å². The van der Waals surface area contributed by atoms with Gasteiger partial charge in [-0.2, -0.15) is 13.2 Å². The van der Waals surface area contributed by atoms with E-state index >= 15 is 0 Å². The Bertz CT molecular complexity index is 578. The molecule has 2 rings (SSSR count). The van der Waals surface area contributed by atoms with E-state index < -0.39 is 29.6 Å². The third kappa shape index (κ3) is 5.30. The topological polar surface area (TPSA) is 87.5 Å². The van der Waals surface area contributed by atoms with Gasteiger partial charge in [-0.25, -0.2) is 0 Å². The molecule has 0 spiro atoms. The van der Waals surface area contributed by atoms with E-state index in [4.69, 9.17) is 0 Å². The molecule has 12 heteroatoms. The van der Waals surface area contributed by atoms with Gasteiger partial charge in [-0.3, -0.25) is 19.8 Å². The van der Waals surface area contributed by atoms with Crippen LogP contribution in [0.1, 0.15) is 10.4 Å². The van der Waals surface area contributed by atoms with Crippen molar-refractivity contribution in [1.29, 1.82) is 0 Å². The van der Waals surface area contributed by atoms with Gasteiger partial charge in [0.15, 0.2) is 0 Å². The second-order valence-corrected chi connectivity index (χ2v) is 5.87. The van der Waals surface area contributed by atoms with Crippen molar-refractivity contribution in [2.24, 2.45) is 0 Å². The Labute approximate surface area is 145 Å². The first-order valence-electron chi connectivity index (χ1n) is 6.81. The lowest BCUT2D eigenvalue weighted by molar-refractivity contribution is -0.380. The molecule has 1 atom stereocenters. The smallest absolute Gasteiger partial charge is 0.350 e. The van der Waals surface area contributed by atoms with Crippen LogP contribution >= 0.6 is 23.7 Å². The van der Waals surface area contributed by atoms with Gasteiger partial charge >= 0.3 is 11.2 Å². The Morgan fingerprint density at radius 2 is 2.08 bits per heavy atom. The maximum Gasteiger partial charge on any atom is 0.405 e. The molecule has 2 N–H and O–H groups in total. The highest BCUT2D eigenvalue weighted by Gasteiger charge is 2.43. The van der Waals surface area contributed by atoms with E-state index in [0.29, 0.717) is 13.1 Å². The Kier molecular flexibility index (Phi) is 7.39. The molecular formula is C12H16ClF3N4O3S. The summed E-state index contributed by atoms with van der Waals surface area (Å²) >= 11 is 0.753. The van der Waals surface area contributed by atoms with E-state index in [1.54, 1.807) is 0 Å². The Balaban J connectivity index is 0.00000288. The number of nitro groups is 1. The maximum atomic E-state index is 13.2. The van der Waals surface area contributed by atoms with Gasteiger partial charge in [0.25, 0.3) is 5.91 Å². The maximum absolute atomic E-state index is 13.2. The van der Waals surface area contributed by atoms with E-state index in [9.17, 15) is 28.1 Å². The summed E-state index contributed by atoms with van der Waals surface area (Å²) < 4.78 is 39.5. The van der Waals surface area contributed by atoms with Gasteiger partial charge in [0.1, 0.15) is 6.04 Å². The highest BCUT2D eigenvalue weighted by molar-refractivity contribution is 7.13. The van der Waals surface area contributed by atoms with Crippen molar-refractivity contribution in [2.75, 3.05) is 32.7 Å². The van der Waals surface area contributed by atoms with Crippen LogP contribution in [0.3, 0.4) is 0 Å². The molecule has 136 valence electrons. The van der Waals surface area contributed by atoms with Crippen LogP contribution < -0.4 is 10.6 Å². The molecule has 24 heavy (non-hydrogen) atoms. The number of alkyl halides is 3. The highest BCUT2D eigenvalue weighted by Crippen LogP contribution is 2.25. The Morgan fingerprint density at radius 3 is 2.58 bits per heavy atom. The Hall–Kier alpha value is -1.43. The summed E-state index contributed by atoms with van der Waals surface area (Å²) in [7, 11) is 0. The minimum absolute atomic E-state index is 0. The fraction of sp³-hybridized carbons (Fsp3) is 0.583. The molecule has 0 radical (unpaired) electrons. The van der Waals surface area contributed by atoms with Crippen LogP contribution in [0, 0.1) is 10.1 Å². The van der Waals surface area contributed by atoms with Crippen LogP contribution in [0.25, 0.3) is 0 Å². The second-order valence-electron chi connectivity index (χ2n) is 4.98. The monoisotopic (exact) mass is 388 g/mol. The molecule has 1 saturated heterocycles. The van der Waals surface area contributed by atoms with E-state index in [1.807, 2.05) is 0 Å². The molecule has 2 heterocycles. The zero-order chi connectivity index (χ0) is 17.0. The molecule has 1 aliphatic heterocycles. The number of hydrogen-bond donors (Lipinski definition) is 2. The Morgan fingerprint density at radius 1 is 1.46 bits per heavy atom. The van der Waals surface area contributed by atoms with Crippen LogP contribution in [-0.4, -0.2) is 60.7 Å². The minimum atomic E-state index is -4.47. The van der Waals surface area contributed by atoms with Gasteiger partial charge in [-0.05, 0) is 0 Å². The van der Waals surface area contributed by atoms with Crippen molar-refractivity contribution in [2.45, 2.75) is 12.2 Å². The predicted molar refractivity (Wildman–Crippen MR) is 84.8 cm³/mol. The molecular weight excluding hydrogens is 373 g/mol. The summed E-state index contributed by atoms with van der Waals surface area (Å²) in [5.41, 5.74) is -0.0112. The molecule has 1 unspecified atom stereocenters. The highest BCUT2D eigenvalue weighted by atomic mass is 35.5. The third-order valence-electron chi connectivity index (χ3n) is 3.45. The number of hydrogen-bond acceptors (Lipinski definition) is 6. The van der Waals surface area contributed by atoms with Gasteiger partial charge in [-0.15, -0.1) is 12.4 Å². The van der Waals surface area contributed by atoms with Gasteiger partial charge < -0.3 is 10.6 Å². The lowest BCUT2D eigenvalue weighted by Crippen LogP contribution is -2.57. The summed E-state index contributed by atoms with van der Waals surface area (Å²) in [5, 5.41) is 16.8. The average Bonchev–Trinajstić information content (AvgIpc) is 2.97. The summed E-state index contributed by atoms with van der Waals surface area (Å²) in [5.74, 6) is -0.751. The fourth-order valence-corrected chi connectivity index (χ4v) is 2.98. The molecule has 0 aromatic carbocycles. The molecule has 1 aromatic rings. The first-order chi connectivity index (χ1) is 10.8. The van der Waals surface area contributed by atoms with Gasteiger partial charge in [0.05, 0.1) is 10.5 Å². The van der Waals surface area contributed by atoms with Crippen molar-refractivity contribution in [1.82, 2.24) is 15.5 Å². The number of piperazine rings is 1. The number of thiophene rings is 1. The second kappa shape index (κ2) is 8.60. The van der Waals surface area contributed by atoms with Crippen molar-refractivity contribution in [3.63, 3.8) is 0 Å². The lowest BCUT2D eigenvalue weighted by Gasteiger charge is -2.35. The van der Waals surface area contributed by atoms with E-state index in [0.717, 1.165) is 17.4 Å². The minimum Gasteiger partial charge on any atom is -0.350 e. The lowest BCUT2D eigenvalue weighted by atomic mass is 10.2. The zero-order valence-corrected chi connectivity index (χ0v) is 14.0. The van der Waals surface area contributed by atoms with E-state index in [2.05, 4.69) is 10.6 Å². The zero-order valence-electron chi connectivity index (χ0n) is 12.3. The molecule has 0 saturated carbocycles. The van der Waals surface area contributed by atoms with Gasteiger partial charge in [0.2, 0.25) is 0 Å². The largest absolute Gasteiger partial charge is 0.405 e. The van der Waals surface area contributed by atoms with Crippen LogP contribution in [0.4, 0.5) is 18.2 Å². The first kappa shape index (κ1) is 20.6. The van der Waals surface area contributed by atoms with Crippen molar-refractivity contribution in [3.8, 4) is 0 Å². The number of nitrogens with zero attached hydrogens (tertiary/aromatic N) is 2. The molecule has 0 bridgehead atoms. The SMILES string of the molecule is Cl.O=C(NCC(N1CCNCC1)C(F)(F)F)c1csc([N+](=O)[O-])c1. The third-order valence-corrected chi connectivity index (χ3v) is 4.33. The van der Waals surface area contributed by atoms with Crippen molar-refractivity contribution in [3.05, 3.63) is 27.1 Å². The number of amides is 1. The normalized spacial score (nSPS) is 17.0. The number of nitrogens with one attached hydrogen (secondary N) is 2. The molecule has 1 fully saturated rings. The molecule has 7 nitrogen and oxygen atoms in total. The first-order valence-corrected chi connectivity index (χ1v) is 7.69. The van der Waals surface area contributed by atoms with E-state index in [-0.39, 0.29) is 36.1 Å². The number of rotatable bonds is 5. The molecule has 1 aromatic heterocycles. The van der Waals surface area contributed by atoms with Gasteiger partial charge in [-0.1, -0.05) is 11.3 Å². The average molecular weight is 389 g/mol. The van der Waals surface area contributed by atoms with Crippen LogP contribution in [0.2, 0.25) is 0 Å². The number of carbonyl (C=O) groups is 1. The van der Waals surface area contributed by atoms with Crippen LogP contribution in [0.15, 0.2) is 11.4 Å². The van der Waals surface area contributed by atoms with Crippen LogP contribution in [-0.2, 0) is 0 Å². The standard InChI is InChI=1S/C12H15F3N4O3S.ClH/c13-12(14,15)9(18-3-1-16-2-4-18)6-17-11(20)8-5-10(19(21)22)23-7-8;/h5,7,9,16H,1-4,6H2,(H,17,20);1H. The molecule has 0 aliphatic carbocycles. The summed E-state index contributed by atoms with van der Waals surface area (Å²) in [6, 6.07) is -0.727. The summed E-state index contributed by atoms with van der Waals surface area (Å²) in [6.45, 7) is 0.800. The van der Waals surface area contributed by atoms with Crippen LogP contribution in [0.5, 0.6) is 0 Å². The number of carbonyl (C=O) groups excluding carboxylic acids is 1.